The number of ether oxygens (including phenoxy) is 1. The molecule has 3 heterocycles. The van der Waals surface area contributed by atoms with Crippen LogP contribution in [0.25, 0.3) is 0 Å². The number of nitrogens with one attached hydrogen (secondary N) is 1. The summed E-state index contributed by atoms with van der Waals surface area (Å²) in [5, 5.41) is 16.2. The first-order valence-electron chi connectivity index (χ1n) is 6.96. The number of nitrogens with zero attached hydrogens (tertiary/aromatic N) is 4. The molecule has 0 aromatic carbocycles. The number of anilines is 1. The van der Waals surface area contributed by atoms with E-state index in [9.17, 15) is 0 Å². The fourth-order valence-electron chi connectivity index (χ4n) is 1.96. The van der Waals surface area contributed by atoms with Crippen molar-refractivity contribution in [1.82, 2.24) is 20.3 Å². The minimum absolute atomic E-state index is 0.302. The van der Waals surface area contributed by atoms with Gasteiger partial charge < -0.3 is 14.6 Å². The molecule has 9 heteroatoms. The molecule has 1 atom stereocenters. The van der Waals surface area contributed by atoms with Crippen LogP contribution in [0.4, 0.5) is 5.13 Å². The molecule has 114 valence electrons. The van der Waals surface area contributed by atoms with Crippen LogP contribution in [0.1, 0.15) is 31.5 Å². The van der Waals surface area contributed by atoms with Gasteiger partial charge in [0, 0.05) is 19.6 Å². The summed E-state index contributed by atoms with van der Waals surface area (Å²) in [7, 11) is 0. The molecule has 1 aliphatic heterocycles. The maximum Gasteiger partial charge on any atom is 0.237 e. The first-order chi connectivity index (χ1) is 10.3. The third-order valence-corrected chi connectivity index (χ3v) is 5.06. The molecule has 1 N–H and O–H groups in total. The van der Waals surface area contributed by atoms with Gasteiger partial charge in [-0.05, 0) is 12.8 Å². The first kappa shape index (κ1) is 14.7. The summed E-state index contributed by atoms with van der Waals surface area (Å²) in [6.45, 7) is 3.66. The normalized spacial score (nSPS) is 18.2. The molecule has 0 saturated carbocycles. The molecule has 1 fully saturated rings. The molecule has 0 radical (unpaired) electrons. The second kappa shape index (κ2) is 7.19. The van der Waals surface area contributed by atoms with Crippen molar-refractivity contribution in [2.45, 2.75) is 42.4 Å². The number of aryl methyl sites for hydroxylation is 1. The molecule has 21 heavy (non-hydrogen) atoms. The summed E-state index contributed by atoms with van der Waals surface area (Å²) in [5.74, 6) is 1.98. The van der Waals surface area contributed by atoms with Gasteiger partial charge in [0.05, 0.1) is 11.9 Å². The predicted octanol–water partition coefficient (Wildman–Crippen LogP) is 2.37. The van der Waals surface area contributed by atoms with E-state index in [4.69, 9.17) is 9.26 Å². The molecule has 0 amide bonds. The highest BCUT2D eigenvalue weighted by Gasteiger charge is 2.16. The number of rotatable bonds is 7. The van der Waals surface area contributed by atoms with E-state index in [-0.39, 0.29) is 0 Å². The quantitative estimate of drug-likeness (QED) is 0.776. The van der Waals surface area contributed by atoms with Crippen molar-refractivity contribution >= 4 is 28.2 Å². The van der Waals surface area contributed by atoms with E-state index in [1.165, 1.54) is 11.3 Å². The maximum atomic E-state index is 5.56. The minimum atomic E-state index is 0.302. The van der Waals surface area contributed by atoms with Gasteiger partial charge in [0.15, 0.2) is 10.2 Å². The van der Waals surface area contributed by atoms with Crippen LogP contribution in [-0.4, -0.2) is 39.6 Å². The zero-order valence-electron chi connectivity index (χ0n) is 11.7. The fourth-order valence-corrected chi connectivity index (χ4v) is 3.56. The molecular formula is C12H17N5O2S2. The smallest absolute Gasteiger partial charge is 0.237 e. The van der Waals surface area contributed by atoms with E-state index >= 15 is 0 Å². The van der Waals surface area contributed by atoms with E-state index in [1.807, 2.05) is 6.92 Å². The van der Waals surface area contributed by atoms with Gasteiger partial charge in [-0.1, -0.05) is 35.2 Å². The molecule has 1 saturated heterocycles. The number of aromatic nitrogens is 4. The van der Waals surface area contributed by atoms with Gasteiger partial charge in [-0.2, -0.15) is 4.98 Å². The van der Waals surface area contributed by atoms with Crippen molar-refractivity contribution in [2.75, 3.05) is 18.5 Å². The van der Waals surface area contributed by atoms with Gasteiger partial charge in [-0.15, -0.1) is 10.2 Å². The Morgan fingerprint density at radius 1 is 1.43 bits per heavy atom. The monoisotopic (exact) mass is 327 g/mol. The lowest BCUT2D eigenvalue weighted by molar-refractivity contribution is 0.120. The Hall–Kier alpha value is -1.19. The van der Waals surface area contributed by atoms with E-state index in [2.05, 4.69) is 25.7 Å². The highest BCUT2D eigenvalue weighted by Crippen LogP contribution is 2.28. The van der Waals surface area contributed by atoms with Crippen molar-refractivity contribution in [3.05, 3.63) is 11.7 Å². The predicted molar refractivity (Wildman–Crippen MR) is 80.6 cm³/mol. The largest absolute Gasteiger partial charge is 0.376 e. The Bertz CT molecular complexity index is 568. The van der Waals surface area contributed by atoms with E-state index in [0.717, 1.165) is 47.7 Å². The van der Waals surface area contributed by atoms with Crippen LogP contribution in [0.2, 0.25) is 0 Å². The Balaban J connectivity index is 1.45. The summed E-state index contributed by atoms with van der Waals surface area (Å²) in [6.07, 6.45) is 3.35. The zero-order chi connectivity index (χ0) is 14.5. The van der Waals surface area contributed by atoms with Crippen molar-refractivity contribution in [3.63, 3.8) is 0 Å². The fraction of sp³-hybridized carbons (Fsp3) is 0.667. The van der Waals surface area contributed by atoms with Crippen LogP contribution in [0.5, 0.6) is 0 Å². The third-order valence-electron chi connectivity index (χ3n) is 3.06. The summed E-state index contributed by atoms with van der Waals surface area (Å²) < 4.78 is 11.6. The standard InChI is InChI=1S/C12H17N5O2S2/c1-2-9-14-10(19-17-9)7-20-12-16-15-11(21-12)13-6-8-4-3-5-18-8/h8H,2-7H2,1H3,(H,13,15). The summed E-state index contributed by atoms with van der Waals surface area (Å²) >= 11 is 3.09. The Labute approximate surface area is 130 Å². The second-order valence-corrected chi connectivity index (χ2v) is 6.84. The van der Waals surface area contributed by atoms with Crippen molar-refractivity contribution in [1.29, 1.82) is 0 Å². The molecule has 0 aliphatic carbocycles. The molecule has 0 spiro atoms. The molecule has 7 nitrogen and oxygen atoms in total. The van der Waals surface area contributed by atoms with Gasteiger partial charge in [0.25, 0.3) is 0 Å². The number of hydrogen-bond acceptors (Lipinski definition) is 9. The molecular weight excluding hydrogens is 310 g/mol. The summed E-state index contributed by atoms with van der Waals surface area (Å²) in [6, 6.07) is 0. The van der Waals surface area contributed by atoms with E-state index in [0.29, 0.717) is 17.7 Å². The number of thioether (sulfide) groups is 1. The van der Waals surface area contributed by atoms with Crippen molar-refractivity contribution < 1.29 is 9.26 Å². The highest BCUT2D eigenvalue weighted by atomic mass is 32.2. The lowest BCUT2D eigenvalue weighted by Gasteiger charge is -2.08. The highest BCUT2D eigenvalue weighted by molar-refractivity contribution is 8.00. The van der Waals surface area contributed by atoms with E-state index < -0.39 is 0 Å². The van der Waals surface area contributed by atoms with Crippen LogP contribution in [0, 0.1) is 0 Å². The summed E-state index contributed by atoms with van der Waals surface area (Å²) in [4.78, 5) is 4.26. The van der Waals surface area contributed by atoms with Crippen LogP contribution >= 0.6 is 23.1 Å². The SMILES string of the molecule is CCc1noc(CSc2nnc(NCC3CCCO3)s2)n1. The average molecular weight is 327 g/mol. The molecule has 1 unspecified atom stereocenters. The lowest BCUT2D eigenvalue weighted by atomic mass is 10.2. The first-order valence-corrected chi connectivity index (χ1v) is 8.77. The molecule has 3 rings (SSSR count). The lowest BCUT2D eigenvalue weighted by Crippen LogP contribution is -2.18. The maximum absolute atomic E-state index is 5.56. The zero-order valence-corrected chi connectivity index (χ0v) is 13.4. The minimum Gasteiger partial charge on any atom is -0.376 e. The van der Waals surface area contributed by atoms with Gasteiger partial charge in [-0.25, -0.2) is 0 Å². The summed E-state index contributed by atoms with van der Waals surface area (Å²) in [5.41, 5.74) is 0. The molecule has 1 aliphatic rings. The molecule has 2 aromatic rings. The van der Waals surface area contributed by atoms with Gasteiger partial charge >= 0.3 is 0 Å². The Morgan fingerprint density at radius 3 is 3.14 bits per heavy atom. The molecule has 2 aromatic heterocycles. The van der Waals surface area contributed by atoms with Crippen LogP contribution < -0.4 is 5.32 Å². The van der Waals surface area contributed by atoms with Gasteiger partial charge in [0.2, 0.25) is 11.0 Å². The topological polar surface area (TPSA) is 86.0 Å². The molecule has 0 bridgehead atoms. The van der Waals surface area contributed by atoms with Gasteiger partial charge in [0.1, 0.15) is 0 Å². The average Bonchev–Trinajstić information content (AvgIpc) is 3.24. The Morgan fingerprint density at radius 2 is 2.38 bits per heavy atom. The third kappa shape index (κ3) is 4.14. The van der Waals surface area contributed by atoms with Crippen LogP contribution in [0.15, 0.2) is 8.86 Å². The van der Waals surface area contributed by atoms with Crippen LogP contribution in [-0.2, 0) is 16.9 Å². The Kier molecular flexibility index (Phi) is 5.04. The van der Waals surface area contributed by atoms with Crippen molar-refractivity contribution in [2.24, 2.45) is 0 Å². The second-order valence-electron chi connectivity index (χ2n) is 4.64. The van der Waals surface area contributed by atoms with Crippen LogP contribution in [0.3, 0.4) is 0 Å². The van der Waals surface area contributed by atoms with Crippen molar-refractivity contribution in [3.8, 4) is 0 Å². The van der Waals surface area contributed by atoms with E-state index in [1.54, 1.807) is 11.8 Å². The number of hydrogen-bond donors (Lipinski definition) is 1. The van der Waals surface area contributed by atoms with Gasteiger partial charge in [-0.3, -0.25) is 0 Å².